The van der Waals surface area contributed by atoms with Crippen LogP contribution in [0.4, 0.5) is 10.1 Å². The molecular formula is C28H29FN6O3. The number of halogens is 1. The third-order valence-electron chi connectivity index (χ3n) is 6.19. The van der Waals surface area contributed by atoms with E-state index in [2.05, 4.69) is 26.0 Å². The number of rotatable bonds is 10. The number of fused-ring (bicyclic) bond motifs is 1. The van der Waals surface area contributed by atoms with Crippen molar-refractivity contribution in [2.75, 3.05) is 18.4 Å². The van der Waals surface area contributed by atoms with Crippen molar-refractivity contribution in [3.8, 4) is 22.9 Å². The van der Waals surface area contributed by atoms with Crippen molar-refractivity contribution in [2.45, 2.75) is 39.2 Å². The molecule has 196 valence electrons. The van der Waals surface area contributed by atoms with Crippen molar-refractivity contribution in [1.29, 1.82) is 0 Å². The first kappa shape index (κ1) is 25.2. The molecule has 1 aliphatic carbocycles. The van der Waals surface area contributed by atoms with Crippen molar-refractivity contribution in [1.82, 2.24) is 25.2 Å². The van der Waals surface area contributed by atoms with Gasteiger partial charge in [0.05, 0.1) is 17.6 Å². The lowest BCUT2D eigenvalue weighted by Crippen LogP contribution is -2.26. The number of nitrogens with one attached hydrogen (secondary N) is 3. The summed E-state index contributed by atoms with van der Waals surface area (Å²) in [6, 6.07) is 13.5. The van der Waals surface area contributed by atoms with Crippen LogP contribution in [-0.2, 0) is 4.79 Å². The first-order valence-electron chi connectivity index (χ1n) is 12.6. The van der Waals surface area contributed by atoms with Crippen LogP contribution in [-0.4, -0.2) is 45.5 Å². The minimum atomic E-state index is -0.412. The Morgan fingerprint density at radius 1 is 1.13 bits per heavy atom. The largest absolute Gasteiger partial charge is 0.437 e. The summed E-state index contributed by atoms with van der Waals surface area (Å²) in [5, 5.41) is 13.8. The quantitative estimate of drug-likeness (QED) is 0.269. The average molecular weight is 517 g/mol. The number of hydrogen-bond donors (Lipinski definition) is 3. The van der Waals surface area contributed by atoms with Crippen LogP contribution >= 0.6 is 0 Å². The predicted molar refractivity (Wildman–Crippen MR) is 142 cm³/mol. The molecule has 0 spiro atoms. The number of carbonyl (C=O) groups excluding carboxylic acids is 2. The third kappa shape index (κ3) is 5.91. The highest BCUT2D eigenvalue weighted by Crippen LogP contribution is 2.30. The number of carbonyl (C=O) groups is 2. The molecule has 0 unspecified atom stereocenters. The van der Waals surface area contributed by atoms with Crippen molar-refractivity contribution >= 4 is 23.1 Å². The number of amides is 2. The second kappa shape index (κ2) is 10.9. The van der Waals surface area contributed by atoms with Gasteiger partial charge in [-0.05, 0) is 56.0 Å². The van der Waals surface area contributed by atoms with E-state index in [1.165, 1.54) is 19.1 Å². The molecule has 0 radical (unpaired) electrons. The Kier molecular flexibility index (Phi) is 7.21. The van der Waals surface area contributed by atoms with E-state index in [4.69, 9.17) is 4.74 Å². The van der Waals surface area contributed by atoms with E-state index in [1.807, 2.05) is 25.1 Å². The summed E-state index contributed by atoms with van der Waals surface area (Å²) >= 11 is 0. The van der Waals surface area contributed by atoms with E-state index in [9.17, 15) is 14.0 Å². The fourth-order valence-electron chi connectivity index (χ4n) is 4.12. The number of imidazole rings is 1. The fraction of sp³-hybridized carbons (Fsp3) is 0.286. The van der Waals surface area contributed by atoms with Gasteiger partial charge in [0.1, 0.15) is 11.6 Å². The molecule has 0 saturated heterocycles. The molecule has 2 aromatic heterocycles. The maximum Gasteiger partial charge on any atom is 0.251 e. The molecule has 9 nitrogen and oxygen atoms in total. The van der Waals surface area contributed by atoms with Crippen LogP contribution in [0.25, 0.3) is 16.9 Å². The smallest absolute Gasteiger partial charge is 0.251 e. The Balaban J connectivity index is 1.46. The Labute approximate surface area is 219 Å². The summed E-state index contributed by atoms with van der Waals surface area (Å²) in [5.74, 6) is 0.0148. The Bertz CT molecular complexity index is 1500. The Morgan fingerprint density at radius 3 is 2.71 bits per heavy atom. The zero-order valence-electron chi connectivity index (χ0n) is 21.3. The normalized spacial score (nSPS) is 12.8. The standard InChI is InChI=1S/C28H29FN6O3/c1-17-13-19(7-10-23(17)28(37)33-21-8-9-21)25-16-32-27-24(31-12-4-11-30-18(2)36)15-26(34-35(25)27)38-22-6-3-5-20(29)14-22/h3,5-7,10,13-16,21,31H,4,8-9,11-12H2,1-2H3,(H,30,36)(H,33,37). The number of hydrogen-bond acceptors (Lipinski definition) is 6. The van der Waals surface area contributed by atoms with Crippen LogP contribution in [0.3, 0.4) is 0 Å². The number of aromatic nitrogens is 3. The molecule has 1 saturated carbocycles. The maximum absolute atomic E-state index is 13.7. The highest BCUT2D eigenvalue weighted by Gasteiger charge is 2.24. The van der Waals surface area contributed by atoms with E-state index >= 15 is 0 Å². The molecule has 0 aliphatic heterocycles. The Morgan fingerprint density at radius 2 is 1.97 bits per heavy atom. The molecule has 10 heteroatoms. The lowest BCUT2D eigenvalue weighted by molar-refractivity contribution is -0.118. The molecule has 5 rings (SSSR count). The van der Waals surface area contributed by atoms with Crippen LogP contribution in [0.15, 0.2) is 54.7 Å². The summed E-state index contributed by atoms with van der Waals surface area (Å²) in [5.41, 5.74) is 4.29. The summed E-state index contributed by atoms with van der Waals surface area (Å²) in [6.45, 7) is 4.50. The molecular weight excluding hydrogens is 487 g/mol. The van der Waals surface area contributed by atoms with Crippen molar-refractivity contribution in [3.05, 3.63) is 71.7 Å². The highest BCUT2D eigenvalue weighted by atomic mass is 19.1. The number of anilines is 1. The van der Waals surface area contributed by atoms with Crippen LogP contribution < -0.4 is 20.7 Å². The van der Waals surface area contributed by atoms with Crippen molar-refractivity contribution in [3.63, 3.8) is 0 Å². The summed E-state index contributed by atoms with van der Waals surface area (Å²) < 4.78 is 21.3. The number of ether oxygens (including phenoxy) is 1. The minimum absolute atomic E-state index is 0.0654. The van der Waals surface area contributed by atoms with E-state index in [-0.39, 0.29) is 23.7 Å². The van der Waals surface area contributed by atoms with Gasteiger partial charge in [-0.3, -0.25) is 9.59 Å². The maximum atomic E-state index is 13.7. The average Bonchev–Trinajstić information content (AvgIpc) is 3.58. The highest BCUT2D eigenvalue weighted by molar-refractivity contribution is 5.96. The van der Waals surface area contributed by atoms with Gasteiger partial charge in [0.25, 0.3) is 5.91 Å². The van der Waals surface area contributed by atoms with Crippen LogP contribution in [0.5, 0.6) is 11.6 Å². The molecule has 0 bridgehead atoms. The van der Waals surface area contributed by atoms with Gasteiger partial charge in [-0.15, -0.1) is 5.10 Å². The van der Waals surface area contributed by atoms with Gasteiger partial charge in [-0.25, -0.2) is 13.9 Å². The van der Waals surface area contributed by atoms with Crippen LogP contribution in [0.1, 0.15) is 42.1 Å². The molecule has 1 fully saturated rings. The van der Waals surface area contributed by atoms with Gasteiger partial charge < -0.3 is 20.7 Å². The SMILES string of the molecule is CC(=O)NCCCNc1cc(Oc2cccc(F)c2)nn2c(-c3ccc(C(=O)NC4CC4)c(C)c3)cnc12. The fourth-order valence-corrected chi connectivity index (χ4v) is 4.12. The topological polar surface area (TPSA) is 110 Å². The molecule has 2 heterocycles. The van der Waals surface area contributed by atoms with Gasteiger partial charge in [0, 0.05) is 49.3 Å². The van der Waals surface area contributed by atoms with E-state index in [0.717, 1.165) is 24.0 Å². The Hall–Kier alpha value is -4.47. The van der Waals surface area contributed by atoms with Crippen LogP contribution in [0, 0.1) is 12.7 Å². The second-order valence-corrected chi connectivity index (χ2v) is 9.38. The molecule has 38 heavy (non-hydrogen) atoms. The lowest BCUT2D eigenvalue weighted by Gasteiger charge is -2.12. The number of benzene rings is 2. The van der Waals surface area contributed by atoms with E-state index in [0.29, 0.717) is 47.9 Å². The number of nitrogens with zero attached hydrogens (tertiary/aromatic N) is 3. The zero-order valence-corrected chi connectivity index (χ0v) is 21.3. The van der Waals surface area contributed by atoms with Gasteiger partial charge in [0.2, 0.25) is 11.8 Å². The summed E-state index contributed by atoms with van der Waals surface area (Å²) in [6.07, 6.45) is 4.47. The van der Waals surface area contributed by atoms with Gasteiger partial charge >= 0.3 is 0 Å². The molecule has 2 amide bonds. The first-order valence-corrected chi connectivity index (χ1v) is 12.6. The lowest BCUT2D eigenvalue weighted by atomic mass is 10.0. The van der Waals surface area contributed by atoms with E-state index in [1.54, 1.807) is 28.9 Å². The van der Waals surface area contributed by atoms with Crippen molar-refractivity contribution in [2.24, 2.45) is 0 Å². The number of aryl methyl sites for hydroxylation is 1. The zero-order chi connectivity index (χ0) is 26.6. The predicted octanol–water partition coefficient (Wildman–Crippen LogP) is 4.47. The van der Waals surface area contributed by atoms with Crippen LogP contribution in [0.2, 0.25) is 0 Å². The molecule has 2 aromatic carbocycles. The first-order chi connectivity index (χ1) is 18.4. The molecule has 0 atom stereocenters. The van der Waals surface area contributed by atoms with E-state index < -0.39 is 5.82 Å². The van der Waals surface area contributed by atoms with Gasteiger partial charge in [-0.1, -0.05) is 12.1 Å². The summed E-state index contributed by atoms with van der Waals surface area (Å²) in [4.78, 5) is 28.3. The minimum Gasteiger partial charge on any atom is -0.437 e. The van der Waals surface area contributed by atoms with Gasteiger partial charge in [-0.2, -0.15) is 0 Å². The van der Waals surface area contributed by atoms with Crippen molar-refractivity contribution < 1.29 is 18.7 Å². The summed E-state index contributed by atoms with van der Waals surface area (Å²) in [7, 11) is 0. The van der Waals surface area contributed by atoms with Gasteiger partial charge in [0.15, 0.2) is 5.65 Å². The second-order valence-electron chi connectivity index (χ2n) is 9.38. The third-order valence-corrected chi connectivity index (χ3v) is 6.19. The molecule has 1 aliphatic rings. The monoisotopic (exact) mass is 516 g/mol. The molecule has 3 N–H and O–H groups in total. The molecule has 4 aromatic rings.